The highest BCUT2D eigenvalue weighted by molar-refractivity contribution is 5.89. The first-order chi connectivity index (χ1) is 7.74. The number of halogens is 1. The molecule has 2 rings (SSSR count). The van der Waals surface area contributed by atoms with Crippen LogP contribution in [0.5, 0.6) is 0 Å². The fraction of sp³-hybridized carbons (Fsp3) is 0.818. The van der Waals surface area contributed by atoms with Gasteiger partial charge in [-0.25, -0.2) is 0 Å². The molecule has 0 spiro atoms. The molecule has 1 atom stereocenters. The summed E-state index contributed by atoms with van der Waals surface area (Å²) in [6, 6.07) is -0.244. The summed E-state index contributed by atoms with van der Waals surface area (Å²) >= 11 is 0. The van der Waals surface area contributed by atoms with Gasteiger partial charge in [0.25, 0.3) is 0 Å². The molecular weight excluding hydrogens is 242 g/mol. The second kappa shape index (κ2) is 6.21. The minimum Gasteiger partial charge on any atom is -0.357 e. The van der Waals surface area contributed by atoms with Crippen LogP contribution in [0.3, 0.4) is 0 Å². The maximum absolute atomic E-state index is 12.1. The summed E-state index contributed by atoms with van der Waals surface area (Å²) in [5.41, 5.74) is 0. The summed E-state index contributed by atoms with van der Waals surface area (Å²) in [4.78, 5) is 25.6. The van der Waals surface area contributed by atoms with Crippen LogP contribution in [0.4, 0.5) is 0 Å². The topological polar surface area (TPSA) is 61.4 Å². The van der Waals surface area contributed by atoms with Crippen molar-refractivity contribution in [3.05, 3.63) is 0 Å². The van der Waals surface area contributed by atoms with Gasteiger partial charge in [0.05, 0.1) is 5.92 Å². The molecule has 98 valence electrons. The number of carbonyl (C=O) groups excluding carboxylic acids is 2. The minimum atomic E-state index is -0.244. The number of nitrogens with one attached hydrogen (secondary N) is 2. The third-order valence-electron chi connectivity index (χ3n) is 3.47. The molecule has 2 fully saturated rings. The highest BCUT2D eigenvalue weighted by atomic mass is 35.5. The van der Waals surface area contributed by atoms with Crippen LogP contribution in [0.15, 0.2) is 0 Å². The van der Waals surface area contributed by atoms with Crippen molar-refractivity contribution >= 4 is 24.2 Å². The molecule has 2 saturated heterocycles. The highest BCUT2D eigenvalue weighted by Gasteiger charge is 2.36. The Hall–Kier alpha value is -0.810. The number of hydrogen-bond acceptors (Lipinski definition) is 3. The summed E-state index contributed by atoms with van der Waals surface area (Å²) in [5.74, 6) is 0.206. The summed E-state index contributed by atoms with van der Waals surface area (Å²) in [6.07, 6.45) is 2.84. The number of carbonyl (C=O) groups is 2. The molecule has 0 saturated carbocycles. The predicted molar refractivity (Wildman–Crippen MR) is 67.0 cm³/mol. The summed E-state index contributed by atoms with van der Waals surface area (Å²) in [5, 5.41) is 5.74. The average Bonchev–Trinajstić information content (AvgIpc) is 2.25. The molecular formula is C11H20ClN3O2. The Morgan fingerprint density at radius 3 is 2.53 bits per heavy atom. The molecule has 2 amide bonds. The molecule has 0 radical (unpaired) electrons. The summed E-state index contributed by atoms with van der Waals surface area (Å²) in [7, 11) is 1.63. The van der Waals surface area contributed by atoms with Crippen molar-refractivity contribution in [2.24, 2.45) is 5.92 Å². The van der Waals surface area contributed by atoms with Gasteiger partial charge in [-0.05, 0) is 19.3 Å². The lowest BCUT2D eigenvalue weighted by molar-refractivity contribution is -0.146. The second-order valence-electron chi connectivity index (χ2n) is 4.51. The molecule has 6 heteroatoms. The van der Waals surface area contributed by atoms with E-state index in [1.54, 1.807) is 11.9 Å². The lowest BCUT2D eigenvalue weighted by Gasteiger charge is -2.39. The normalized spacial score (nSPS) is 24.5. The fourth-order valence-electron chi connectivity index (χ4n) is 2.33. The monoisotopic (exact) mass is 261 g/mol. The van der Waals surface area contributed by atoms with E-state index < -0.39 is 0 Å². The first-order valence-electron chi connectivity index (χ1n) is 5.97. The molecule has 2 heterocycles. The van der Waals surface area contributed by atoms with Crippen LogP contribution in [-0.2, 0) is 9.59 Å². The van der Waals surface area contributed by atoms with Crippen molar-refractivity contribution < 1.29 is 9.59 Å². The Morgan fingerprint density at radius 1 is 1.29 bits per heavy atom. The van der Waals surface area contributed by atoms with Gasteiger partial charge in [0.1, 0.15) is 6.04 Å². The van der Waals surface area contributed by atoms with Gasteiger partial charge < -0.3 is 15.5 Å². The summed E-state index contributed by atoms with van der Waals surface area (Å²) < 4.78 is 0. The number of likely N-dealkylation sites (N-methyl/N-ethyl adjacent to an activating group) is 1. The Morgan fingerprint density at radius 2 is 2.00 bits per heavy atom. The number of amides is 2. The zero-order chi connectivity index (χ0) is 11.5. The van der Waals surface area contributed by atoms with Crippen LogP contribution in [0.1, 0.15) is 19.3 Å². The largest absolute Gasteiger partial charge is 0.357 e. The Balaban J connectivity index is 0.00000144. The number of likely N-dealkylation sites (tertiary alicyclic amines) is 1. The lowest BCUT2D eigenvalue weighted by atomic mass is 9.96. The number of nitrogens with zero attached hydrogens (tertiary/aromatic N) is 1. The molecule has 2 aliphatic rings. The minimum absolute atomic E-state index is 0. The van der Waals surface area contributed by atoms with E-state index in [2.05, 4.69) is 10.6 Å². The quantitative estimate of drug-likeness (QED) is 0.721. The average molecular weight is 262 g/mol. The van der Waals surface area contributed by atoms with Crippen molar-refractivity contribution in [1.29, 1.82) is 0 Å². The predicted octanol–water partition coefficient (Wildman–Crippen LogP) is -0.245. The second-order valence-corrected chi connectivity index (χ2v) is 4.51. The first-order valence-corrected chi connectivity index (χ1v) is 5.97. The van der Waals surface area contributed by atoms with Gasteiger partial charge in [-0.3, -0.25) is 9.59 Å². The Labute approximate surface area is 108 Å². The molecule has 5 nitrogen and oxygen atoms in total. The van der Waals surface area contributed by atoms with E-state index >= 15 is 0 Å². The first kappa shape index (κ1) is 14.3. The third kappa shape index (κ3) is 2.90. The van der Waals surface area contributed by atoms with Gasteiger partial charge in [0.15, 0.2) is 0 Å². The van der Waals surface area contributed by atoms with E-state index in [1.165, 1.54) is 0 Å². The van der Waals surface area contributed by atoms with Gasteiger partial charge in [-0.15, -0.1) is 12.4 Å². The standard InChI is InChI=1S/C11H19N3O2.ClH/c1-12-10(15)9-4-2-3-5-14(9)11(16)8-6-13-7-8;/h8-9,13H,2-7H2,1H3,(H,12,15);1H. The van der Waals surface area contributed by atoms with Crippen molar-refractivity contribution in [1.82, 2.24) is 15.5 Å². The molecule has 0 bridgehead atoms. The molecule has 0 aromatic rings. The number of hydrogen-bond donors (Lipinski definition) is 2. The van der Waals surface area contributed by atoms with Crippen molar-refractivity contribution in [2.75, 3.05) is 26.7 Å². The van der Waals surface area contributed by atoms with Crippen molar-refractivity contribution in [3.63, 3.8) is 0 Å². The van der Waals surface area contributed by atoms with Gasteiger partial charge >= 0.3 is 0 Å². The zero-order valence-electron chi connectivity index (χ0n) is 10.1. The number of rotatable bonds is 2. The van der Waals surface area contributed by atoms with Crippen molar-refractivity contribution in [2.45, 2.75) is 25.3 Å². The van der Waals surface area contributed by atoms with Crippen LogP contribution in [0, 0.1) is 5.92 Å². The number of piperidine rings is 1. The molecule has 2 aliphatic heterocycles. The summed E-state index contributed by atoms with van der Waals surface area (Å²) in [6.45, 7) is 2.25. The van der Waals surface area contributed by atoms with Crippen LogP contribution >= 0.6 is 12.4 Å². The zero-order valence-corrected chi connectivity index (χ0v) is 10.9. The van der Waals surface area contributed by atoms with E-state index in [-0.39, 0.29) is 36.2 Å². The molecule has 0 aromatic carbocycles. The van der Waals surface area contributed by atoms with Crippen LogP contribution in [-0.4, -0.2) is 49.4 Å². The molecule has 2 N–H and O–H groups in total. The van der Waals surface area contributed by atoms with Gasteiger partial charge in [-0.2, -0.15) is 0 Å². The van der Waals surface area contributed by atoms with Gasteiger partial charge in [0.2, 0.25) is 11.8 Å². The van der Waals surface area contributed by atoms with E-state index in [0.717, 1.165) is 38.9 Å². The van der Waals surface area contributed by atoms with Crippen LogP contribution < -0.4 is 10.6 Å². The van der Waals surface area contributed by atoms with E-state index in [9.17, 15) is 9.59 Å². The SMILES string of the molecule is CNC(=O)C1CCCCN1C(=O)C1CNC1.Cl. The van der Waals surface area contributed by atoms with Gasteiger partial charge in [0, 0.05) is 26.7 Å². The molecule has 0 aromatic heterocycles. The lowest BCUT2D eigenvalue weighted by Crippen LogP contribution is -2.58. The molecule has 1 unspecified atom stereocenters. The molecule has 0 aliphatic carbocycles. The Bertz CT molecular complexity index is 294. The van der Waals surface area contributed by atoms with E-state index in [1.807, 2.05) is 0 Å². The maximum Gasteiger partial charge on any atom is 0.242 e. The fourth-order valence-corrected chi connectivity index (χ4v) is 2.33. The van der Waals surface area contributed by atoms with Crippen LogP contribution in [0.2, 0.25) is 0 Å². The maximum atomic E-state index is 12.1. The van der Waals surface area contributed by atoms with Crippen molar-refractivity contribution in [3.8, 4) is 0 Å². The van der Waals surface area contributed by atoms with Crippen LogP contribution in [0.25, 0.3) is 0 Å². The van der Waals surface area contributed by atoms with E-state index in [0.29, 0.717) is 0 Å². The highest BCUT2D eigenvalue weighted by Crippen LogP contribution is 2.20. The smallest absolute Gasteiger partial charge is 0.242 e. The third-order valence-corrected chi connectivity index (χ3v) is 3.47. The van der Waals surface area contributed by atoms with E-state index in [4.69, 9.17) is 0 Å². The molecule has 17 heavy (non-hydrogen) atoms. The van der Waals surface area contributed by atoms with Gasteiger partial charge in [-0.1, -0.05) is 0 Å². The Kier molecular flexibility index (Phi) is 5.21.